The maximum Gasteiger partial charge on any atom is 0.126 e. The van der Waals surface area contributed by atoms with E-state index in [1.807, 2.05) is 30.3 Å². The van der Waals surface area contributed by atoms with Gasteiger partial charge >= 0.3 is 0 Å². The van der Waals surface area contributed by atoms with Crippen LogP contribution in [0.3, 0.4) is 0 Å². The van der Waals surface area contributed by atoms with Gasteiger partial charge in [0.1, 0.15) is 23.1 Å². The summed E-state index contributed by atoms with van der Waals surface area (Å²) in [5.41, 5.74) is 3.20. The summed E-state index contributed by atoms with van der Waals surface area (Å²) in [6, 6.07) is 20.3. The van der Waals surface area contributed by atoms with Crippen molar-refractivity contribution in [1.29, 1.82) is 0 Å². The second-order valence-corrected chi connectivity index (χ2v) is 9.34. The van der Waals surface area contributed by atoms with E-state index >= 15 is 0 Å². The molecular formula is C29H32FNO3. The number of rotatable bonds is 7. The van der Waals surface area contributed by atoms with Crippen LogP contribution in [-0.4, -0.2) is 42.9 Å². The fourth-order valence-corrected chi connectivity index (χ4v) is 5.24. The van der Waals surface area contributed by atoms with Crippen LogP contribution in [-0.2, 0) is 0 Å². The minimum absolute atomic E-state index is 0.0305. The van der Waals surface area contributed by atoms with E-state index in [1.54, 1.807) is 12.1 Å². The van der Waals surface area contributed by atoms with Crippen molar-refractivity contribution >= 4 is 0 Å². The maximum absolute atomic E-state index is 13.6. The molecule has 0 amide bonds. The first-order valence-corrected chi connectivity index (χ1v) is 12.3. The number of likely N-dealkylation sites (tertiary alicyclic amines) is 1. The molecule has 5 rings (SSSR count). The molecular weight excluding hydrogens is 429 g/mol. The predicted octanol–water partition coefficient (Wildman–Crippen LogP) is 6.09. The van der Waals surface area contributed by atoms with Crippen molar-refractivity contribution in [2.75, 3.05) is 32.8 Å². The highest BCUT2D eigenvalue weighted by atomic mass is 19.1. The lowest BCUT2D eigenvalue weighted by molar-refractivity contribution is 0.205. The normalized spacial score (nSPS) is 20.4. The van der Waals surface area contributed by atoms with Crippen molar-refractivity contribution in [3.05, 3.63) is 89.2 Å². The number of fused-ring (bicyclic) bond motifs is 1. The molecule has 3 aromatic carbocycles. The third kappa shape index (κ3) is 5.20. The van der Waals surface area contributed by atoms with Crippen LogP contribution >= 0.6 is 0 Å². The summed E-state index contributed by atoms with van der Waals surface area (Å²) >= 11 is 0. The van der Waals surface area contributed by atoms with E-state index in [4.69, 9.17) is 9.47 Å². The number of halogens is 1. The van der Waals surface area contributed by atoms with E-state index in [0.29, 0.717) is 19.0 Å². The zero-order valence-electron chi connectivity index (χ0n) is 19.5. The highest BCUT2D eigenvalue weighted by molar-refractivity contribution is 5.50. The minimum Gasteiger partial charge on any atom is -0.508 e. The first-order chi connectivity index (χ1) is 16.7. The molecule has 0 aliphatic carbocycles. The van der Waals surface area contributed by atoms with Gasteiger partial charge in [-0.1, -0.05) is 36.8 Å². The van der Waals surface area contributed by atoms with Crippen molar-refractivity contribution < 1.29 is 19.0 Å². The molecule has 2 heterocycles. The summed E-state index contributed by atoms with van der Waals surface area (Å²) in [7, 11) is 0. The van der Waals surface area contributed by atoms with Gasteiger partial charge in [-0.05, 0) is 73.8 Å². The van der Waals surface area contributed by atoms with Gasteiger partial charge in [0.15, 0.2) is 0 Å². The lowest BCUT2D eigenvalue weighted by Crippen LogP contribution is -2.31. The standard InChI is InChI=1S/C29H32FNO3/c30-23-9-5-21(6-10-23)27-20-34-28-19-24(32)11-14-26(28)29(27)22-7-12-25(13-8-22)33-18-4-17-31-15-2-1-3-16-31/h5-14,19,27,29,32H,1-4,15-18,20H2/t27-,29-/m0/s1. The number of aromatic hydroxyl groups is 1. The first kappa shape index (κ1) is 22.7. The number of hydrogen-bond donors (Lipinski definition) is 1. The van der Waals surface area contributed by atoms with Crippen molar-refractivity contribution in [3.63, 3.8) is 0 Å². The van der Waals surface area contributed by atoms with Gasteiger partial charge in [-0.25, -0.2) is 4.39 Å². The first-order valence-electron chi connectivity index (χ1n) is 12.3. The van der Waals surface area contributed by atoms with E-state index < -0.39 is 0 Å². The molecule has 1 N–H and O–H groups in total. The van der Waals surface area contributed by atoms with Crippen LogP contribution in [0.2, 0.25) is 0 Å². The van der Waals surface area contributed by atoms with Gasteiger partial charge in [0.25, 0.3) is 0 Å². The van der Waals surface area contributed by atoms with E-state index in [0.717, 1.165) is 35.4 Å². The van der Waals surface area contributed by atoms with Crippen molar-refractivity contribution in [1.82, 2.24) is 4.90 Å². The number of hydrogen-bond acceptors (Lipinski definition) is 4. The minimum atomic E-state index is -0.246. The van der Waals surface area contributed by atoms with E-state index in [-0.39, 0.29) is 23.4 Å². The van der Waals surface area contributed by atoms with Crippen LogP contribution < -0.4 is 9.47 Å². The Labute approximate surface area is 200 Å². The lowest BCUT2D eigenvalue weighted by Gasteiger charge is -2.34. The Morgan fingerprint density at radius 2 is 1.65 bits per heavy atom. The fraction of sp³-hybridized carbons (Fsp3) is 0.379. The van der Waals surface area contributed by atoms with Crippen molar-refractivity contribution in [3.8, 4) is 17.2 Å². The van der Waals surface area contributed by atoms with Gasteiger partial charge in [0, 0.05) is 30.0 Å². The highest BCUT2D eigenvalue weighted by Gasteiger charge is 2.33. The number of nitrogens with zero attached hydrogens (tertiary/aromatic N) is 1. The zero-order chi connectivity index (χ0) is 23.3. The van der Waals surface area contributed by atoms with Crippen LogP contribution in [0.4, 0.5) is 4.39 Å². The molecule has 5 heteroatoms. The Morgan fingerprint density at radius 3 is 2.41 bits per heavy atom. The number of phenols is 1. The lowest BCUT2D eigenvalue weighted by atomic mass is 9.76. The number of phenolic OH excluding ortho intramolecular Hbond substituents is 1. The largest absolute Gasteiger partial charge is 0.508 e. The number of benzene rings is 3. The molecule has 1 fully saturated rings. The Kier molecular flexibility index (Phi) is 7.00. The second-order valence-electron chi connectivity index (χ2n) is 9.34. The molecule has 0 saturated carbocycles. The van der Waals surface area contributed by atoms with Crippen LogP contribution in [0.25, 0.3) is 0 Å². The average molecular weight is 462 g/mol. The summed E-state index contributed by atoms with van der Waals surface area (Å²) in [6.45, 7) is 4.71. The predicted molar refractivity (Wildman–Crippen MR) is 131 cm³/mol. The molecule has 1 saturated heterocycles. The van der Waals surface area contributed by atoms with Crippen molar-refractivity contribution in [2.24, 2.45) is 0 Å². The van der Waals surface area contributed by atoms with Crippen LogP contribution in [0.1, 0.15) is 54.2 Å². The molecule has 178 valence electrons. The molecule has 0 radical (unpaired) electrons. The molecule has 2 aliphatic rings. The van der Waals surface area contributed by atoms with E-state index in [1.165, 1.54) is 44.5 Å². The molecule has 3 aromatic rings. The Morgan fingerprint density at radius 1 is 0.912 bits per heavy atom. The molecule has 0 bridgehead atoms. The molecule has 0 spiro atoms. The van der Waals surface area contributed by atoms with Gasteiger partial charge in [-0.2, -0.15) is 0 Å². The van der Waals surface area contributed by atoms with Gasteiger partial charge in [0.2, 0.25) is 0 Å². The Hall–Kier alpha value is -3.05. The second kappa shape index (κ2) is 10.5. The summed E-state index contributed by atoms with van der Waals surface area (Å²) in [5, 5.41) is 9.94. The maximum atomic E-state index is 13.6. The van der Waals surface area contributed by atoms with Crippen LogP contribution in [0.15, 0.2) is 66.7 Å². The molecule has 2 atom stereocenters. The monoisotopic (exact) mass is 461 g/mol. The van der Waals surface area contributed by atoms with Crippen LogP contribution in [0, 0.1) is 5.82 Å². The third-order valence-electron chi connectivity index (χ3n) is 7.03. The topological polar surface area (TPSA) is 41.9 Å². The quantitative estimate of drug-likeness (QED) is 0.432. The number of piperidine rings is 1. The smallest absolute Gasteiger partial charge is 0.126 e. The number of ether oxygens (including phenoxy) is 2. The summed E-state index contributed by atoms with van der Waals surface area (Å²) in [4.78, 5) is 2.53. The van der Waals surface area contributed by atoms with Crippen LogP contribution in [0.5, 0.6) is 17.2 Å². The van der Waals surface area contributed by atoms with Gasteiger partial charge < -0.3 is 19.5 Å². The highest BCUT2D eigenvalue weighted by Crippen LogP contribution is 2.47. The third-order valence-corrected chi connectivity index (χ3v) is 7.03. The molecule has 0 unspecified atom stereocenters. The molecule has 2 aliphatic heterocycles. The summed E-state index contributed by atoms with van der Waals surface area (Å²) in [6.07, 6.45) is 5.03. The fourth-order valence-electron chi connectivity index (χ4n) is 5.24. The SMILES string of the molecule is Oc1ccc2c(c1)OC[C@@H](c1ccc(F)cc1)[C@H]2c1ccc(OCCCN2CCCCC2)cc1. The van der Waals surface area contributed by atoms with Gasteiger partial charge in [-0.15, -0.1) is 0 Å². The average Bonchev–Trinajstić information content (AvgIpc) is 2.87. The summed E-state index contributed by atoms with van der Waals surface area (Å²) in [5.74, 6) is 1.58. The molecule has 0 aromatic heterocycles. The van der Waals surface area contributed by atoms with Gasteiger partial charge in [0.05, 0.1) is 13.2 Å². The van der Waals surface area contributed by atoms with E-state index in [9.17, 15) is 9.50 Å². The van der Waals surface area contributed by atoms with Gasteiger partial charge in [-0.3, -0.25) is 0 Å². The zero-order valence-corrected chi connectivity index (χ0v) is 19.5. The van der Waals surface area contributed by atoms with Crippen molar-refractivity contribution in [2.45, 2.75) is 37.5 Å². The van der Waals surface area contributed by atoms with E-state index in [2.05, 4.69) is 17.0 Å². The molecule has 4 nitrogen and oxygen atoms in total. The Balaban J connectivity index is 1.31. The summed E-state index contributed by atoms with van der Waals surface area (Å²) < 4.78 is 25.6. The Bertz CT molecular complexity index is 1080. The molecule has 34 heavy (non-hydrogen) atoms.